The molecule has 0 aromatic heterocycles. The first kappa shape index (κ1) is 23.9. The average Bonchev–Trinajstić information content (AvgIpc) is 2.72. The predicted octanol–water partition coefficient (Wildman–Crippen LogP) is 6.55. The largest absolute Gasteiger partial charge is 0.308 e. The summed E-state index contributed by atoms with van der Waals surface area (Å²) in [5, 5.41) is 7.67. The molecule has 0 bridgehead atoms. The van der Waals surface area contributed by atoms with Crippen molar-refractivity contribution in [3.05, 3.63) is 70.8 Å². The van der Waals surface area contributed by atoms with Crippen molar-refractivity contribution in [1.29, 1.82) is 0 Å². The Balaban J connectivity index is 0.00000300. The van der Waals surface area contributed by atoms with Gasteiger partial charge in [0.2, 0.25) is 0 Å². The molecule has 0 spiro atoms. The first-order chi connectivity index (χ1) is 13.5. The summed E-state index contributed by atoms with van der Waals surface area (Å²) in [7, 11) is 0. The van der Waals surface area contributed by atoms with Crippen LogP contribution >= 0.6 is 12.4 Å². The van der Waals surface area contributed by atoms with Crippen LogP contribution < -0.4 is 10.6 Å². The minimum Gasteiger partial charge on any atom is -0.308 e. The van der Waals surface area contributed by atoms with Crippen LogP contribution in [0.1, 0.15) is 87.5 Å². The maximum absolute atomic E-state index is 3.83. The fraction of sp³-hybridized carbons (Fsp3) is 0.538. The number of hydrogen-bond donors (Lipinski definition) is 2. The van der Waals surface area contributed by atoms with Crippen LogP contribution in [0.3, 0.4) is 0 Å². The smallest absolute Gasteiger partial charge is 0.0224 e. The fourth-order valence-electron chi connectivity index (χ4n) is 4.16. The van der Waals surface area contributed by atoms with Crippen molar-refractivity contribution >= 4 is 12.4 Å². The van der Waals surface area contributed by atoms with Crippen molar-refractivity contribution in [1.82, 2.24) is 10.6 Å². The van der Waals surface area contributed by atoms with Crippen LogP contribution in [0.25, 0.3) is 0 Å². The third kappa shape index (κ3) is 7.13. The highest BCUT2D eigenvalue weighted by Gasteiger charge is 2.24. The third-order valence-electron chi connectivity index (χ3n) is 6.20. The van der Waals surface area contributed by atoms with Gasteiger partial charge in [0, 0.05) is 25.2 Å². The Hall–Kier alpha value is -1.35. The van der Waals surface area contributed by atoms with Gasteiger partial charge in [-0.2, -0.15) is 0 Å². The first-order valence-electron chi connectivity index (χ1n) is 11.2. The van der Waals surface area contributed by atoms with E-state index in [2.05, 4.69) is 86.9 Å². The van der Waals surface area contributed by atoms with Crippen molar-refractivity contribution in [2.24, 2.45) is 0 Å². The SMILES string of the molecule is CC(C)c1ccc(CNC2CCCCC2NCc2ccc(C(C)C)cc2)cc1.Cl. The molecule has 29 heavy (non-hydrogen) atoms. The molecular weight excluding hydrogens is 376 g/mol. The Morgan fingerprint density at radius 3 is 1.31 bits per heavy atom. The maximum Gasteiger partial charge on any atom is 0.0224 e. The van der Waals surface area contributed by atoms with E-state index in [9.17, 15) is 0 Å². The van der Waals surface area contributed by atoms with Gasteiger partial charge in [0.1, 0.15) is 0 Å². The van der Waals surface area contributed by atoms with E-state index in [0.29, 0.717) is 23.9 Å². The van der Waals surface area contributed by atoms with Crippen LogP contribution in [-0.4, -0.2) is 12.1 Å². The van der Waals surface area contributed by atoms with Crippen molar-refractivity contribution in [3.63, 3.8) is 0 Å². The highest BCUT2D eigenvalue weighted by Crippen LogP contribution is 2.21. The zero-order valence-corrected chi connectivity index (χ0v) is 19.4. The summed E-state index contributed by atoms with van der Waals surface area (Å²) >= 11 is 0. The first-order valence-corrected chi connectivity index (χ1v) is 11.2. The Kier molecular flexibility index (Phi) is 9.68. The molecule has 2 aromatic carbocycles. The lowest BCUT2D eigenvalue weighted by Crippen LogP contribution is -2.49. The van der Waals surface area contributed by atoms with Crippen LogP contribution in [0, 0.1) is 0 Å². The molecule has 0 amide bonds. The molecule has 2 aromatic rings. The predicted molar refractivity (Wildman–Crippen MR) is 128 cm³/mol. The quantitative estimate of drug-likeness (QED) is 0.512. The highest BCUT2D eigenvalue weighted by molar-refractivity contribution is 5.85. The van der Waals surface area contributed by atoms with Gasteiger partial charge in [0.05, 0.1) is 0 Å². The molecule has 0 saturated heterocycles. The molecule has 0 radical (unpaired) electrons. The zero-order chi connectivity index (χ0) is 19.9. The molecule has 3 heteroatoms. The van der Waals surface area contributed by atoms with Crippen LogP contribution in [0.4, 0.5) is 0 Å². The van der Waals surface area contributed by atoms with E-state index in [-0.39, 0.29) is 12.4 Å². The number of nitrogens with one attached hydrogen (secondary N) is 2. The minimum absolute atomic E-state index is 0. The number of hydrogen-bond acceptors (Lipinski definition) is 2. The van der Waals surface area contributed by atoms with E-state index in [1.165, 1.54) is 47.9 Å². The Morgan fingerprint density at radius 2 is 1.00 bits per heavy atom. The summed E-state index contributed by atoms with van der Waals surface area (Å²) in [6, 6.07) is 19.4. The molecule has 0 heterocycles. The number of halogens is 1. The second-order valence-electron chi connectivity index (χ2n) is 9.05. The van der Waals surface area contributed by atoms with Gasteiger partial charge in [-0.3, -0.25) is 0 Å². The van der Waals surface area contributed by atoms with Crippen molar-refractivity contribution in [2.75, 3.05) is 0 Å². The van der Waals surface area contributed by atoms with Crippen molar-refractivity contribution in [3.8, 4) is 0 Å². The summed E-state index contributed by atoms with van der Waals surface area (Å²) < 4.78 is 0. The monoisotopic (exact) mass is 414 g/mol. The Bertz CT molecular complexity index is 643. The van der Waals surface area contributed by atoms with Crippen LogP contribution in [-0.2, 0) is 13.1 Å². The van der Waals surface area contributed by atoms with Crippen LogP contribution in [0.5, 0.6) is 0 Å². The molecule has 2 unspecified atom stereocenters. The maximum atomic E-state index is 3.83. The molecule has 2 atom stereocenters. The third-order valence-corrected chi connectivity index (χ3v) is 6.20. The summed E-state index contributed by atoms with van der Waals surface area (Å²) in [4.78, 5) is 0. The molecule has 2 N–H and O–H groups in total. The van der Waals surface area contributed by atoms with E-state index in [1.54, 1.807) is 0 Å². The summed E-state index contributed by atoms with van der Waals surface area (Å²) in [6.45, 7) is 10.9. The molecule has 2 nitrogen and oxygen atoms in total. The lowest BCUT2D eigenvalue weighted by Gasteiger charge is -2.33. The minimum atomic E-state index is 0. The van der Waals surface area contributed by atoms with Gasteiger partial charge in [-0.1, -0.05) is 89.1 Å². The molecule has 160 valence electrons. The average molecular weight is 415 g/mol. The van der Waals surface area contributed by atoms with Crippen LogP contribution in [0.15, 0.2) is 48.5 Å². The summed E-state index contributed by atoms with van der Waals surface area (Å²) in [6.07, 6.45) is 5.22. The van der Waals surface area contributed by atoms with E-state index >= 15 is 0 Å². The lowest BCUT2D eigenvalue weighted by atomic mass is 9.89. The van der Waals surface area contributed by atoms with Gasteiger partial charge in [0.25, 0.3) is 0 Å². The molecule has 3 rings (SSSR count). The van der Waals surface area contributed by atoms with E-state index in [1.807, 2.05) is 0 Å². The standard InChI is InChI=1S/C26H38N2.ClH/c1-19(2)23-13-9-21(10-14-23)17-27-25-7-5-6-8-26(25)28-18-22-11-15-24(16-12-22)20(3)4;/h9-16,19-20,25-28H,5-8,17-18H2,1-4H3;1H. The zero-order valence-electron chi connectivity index (χ0n) is 18.6. The van der Waals surface area contributed by atoms with E-state index < -0.39 is 0 Å². The van der Waals surface area contributed by atoms with Gasteiger partial charge < -0.3 is 10.6 Å². The molecule has 1 aliphatic carbocycles. The second-order valence-corrected chi connectivity index (χ2v) is 9.05. The number of benzene rings is 2. The fourth-order valence-corrected chi connectivity index (χ4v) is 4.16. The summed E-state index contributed by atoms with van der Waals surface area (Å²) in [5.41, 5.74) is 5.62. The Labute approximate surface area is 184 Å². The topological polar surface area (TPSA) is 24.1 Å². The van der Waals surface area contributed by atoms with Crippen LogP contribution in [0.2, 0.25) is 0 Å². The van der Waals surface area contributed by atoms with Gasteiger partial charge in [-0.15, -0.1) is 12.4 Å². The normalized spacial score (nSPS) is 19.4. The van der Waals surface area contributed by atoms with E-state index in [4.69, 9.17) is 0 Å². The Morgan fingerprint density at radius 1 is 0.655 bits per heavy atom. The second kappa shape index (κ2) is 11.7. The van der Waals surface area contributed by atoms with Gasteiger partial charge in [-0.05, 0) is 46.9 Å². The van der Waals surface area contributed by atoms with Crippen molar-refractivity contribution < 1.29 is 0 Å². The van der Waals surface area contributed by atoms with Gasteiger partial charge in [-0.25, -0.2) is 0 Å². The molecule has 1 fully saturated rings. The number of rotatable bonds is 8. The highest BCUT2D eigenvalue weighted by atomic mass is 35.5. The van der Waals surface area contributed by atoms with E-state index in [0.717, 1.165) is 13.1 Å². The summed E-state index contributed by atoms with van der Waals surface area (Å²) in [5.74, 6) is 1.20. The van der Waals surface area contributed by atoms with Gasteiger partial charge in [0.15, 0.2) is 0 Å². The molecule has 1 saturated carbocycles. The molecule has 0 aliphatic heterocycles. The van der Waals surface area contributed by atoms with Crippen molar-refractivity contribution in [2.45, 2.75) is 90.4 Å². The molecule has 1 aliphatic rings. The molecular formula is C26H39ClN2. The van der Waals surface area contributed by atoms with Gasteiger partial charge >= 0.3 is 0 Å². The lowest BCUT2D eigenvalue weighted by molar-refractivity contribution is 0.281.